The smallest absolute Gasteiger partial charge is 0.227 e. The second-order valence-corrected chi connectivity index (χ2v) is 7.83. The third-order valence-corrected chi connectivity index (χ3v) is 5.81. The lowest BCUT2D eigenvalue weighted by Gasteiger charge is -2.28. The molecule has 2 heterocycles. The first-order chi connectivity index (χ1) is 15.2. The summed E-state index contributed by atoms with van der Waals surface area (Å²) in [6, 6.07) is 17.3. The maximum Gasteiger partial charge on any atom is 0.227 e. The molecule has 0 bridgehead atoms. The van der Waals surface area contributed by atoms with Crippen LogP contribution in [-0.2, 0) is 11.2 Å². The Balaban J connectivity index is 1.54. The van der Waals surface area contributed by atoms with Gasteiger partial charge >= 0.3 is 0 Å². The van der Waals surface area contributed by atoms with Crippen molar-refractivity contribution in [2.75, 3.05) is 20.8 Å². The van der Waals surface area contributed by atoms with Crippen LogP contribution in [0.3, 0.4) is 0 Å². The molecule has 1 aliphatic heterocycles. The molecule has 1 amide bonds. The average Bonchev–Trinajstić information content (AvgIpc) is 3.16. The van der Waals surface area contributed by atoms with E-state index in [1.54, 1.807) is 14.2 Å². The van der Waals surface area contributed by atoms with Crippen molar-refractivity contribution in [2.24, 2.45) is 0 Å². The summed E-state index contributed by atoms with van der Waals surface area (Å²) in [7, 11) is 3.28. The summed E-state index contributed by atoms with van der Waals surface area (Å²) in [6.07, 6.45) is 4.42. The van der Waals surface area contributed by atoms with Crippen LogP contribution in [0, 0.1) is 0 Å². The number of aromatic nitrogens is 1. The summed E-state index contributed by atoms with van der Waals surface area (Å²) in [5.41, 5.74) is 2.69. The number of rotatable bonds is 6. The molecule has 1 aliphatic rings. The minimum absolute atomic E-state index is 0.0728. The summed E-state index contributed by atoms with van der Waals surface area (Å²) in [5, 5.41) is 4.35. The lowest BCUT2D eigenvalue weighted by atomic mass is 10.0. The van der Waals surface area contributed by atoms with Gasteiger partial charge in [-0.15, -0.1) is 0 Å². The molecular weight excluding hydrogens is 392 g/mol. The van der Waals surface area contributed by atoms with Crippen molar-refractivity contribution in [1.82, 2.24) is 10.1 Å². The van der Waals surface area contributed by atoms with Gasteiger partial charge in [0.1, 0.15) is 17.2 Å². The van der Waals surface area contributed by atoms with Gasteiger partial charge in [-0.25, -0.2) is 0 Å². The summed E-state index contributed by atoms with van der Waals surface area (Å²) >= 11 is 0. The number of hydrogen-bond acceptors (Lipinski definition) is 5. The molecule has 0 spiro atoms. The van der Waals surface area contributed by atoms with Gasteiger partial charge in [-0.2, -0.15) is 0 Å². The molecule has 6 nitrogen and oxygen atoms in total. The van der Waals surface area contributed by atoms with Gasteiger partial charge in [0.05, 0.1) is 26.7 Å². The van der Waals surface area contributed by atoms with Gasteiger partial charge in [-0.1, -0.05) is 30.1 Å². The molecule has 6 heteroatoms. The molecule has 4 rings (SSSR count). The SMILES string of the molecule is COc1ccc(-c2cc(C3CCCCCN3C(=O)Cc3cccc(OC)c3)no2)cc1. The minimum atomic E-state index is -0.0728. The summed E-state index contributed by atoms with van der Waals surface area (Å²) < 4.78 is 16.2. The third kappa shape index (κ3) is 4.90. The first kappa shape index (κ1) is 21.0. The highest BCUT2D eigenvalue weighted by Gasteiger charge is 2.29. The molecule has 0 N–H and O–H groups in total. The highest BCUT2D eigenvalue weighted by Crippen LogP contribution is 2.33. The zero-order chi connectivity index (χ0) is 21.6. The number of nitrogens with zero attached hydrogens (tertiary/aromatic N) is 2. The second-order valence-electron chi connectivity index (χ2n) is 7.83. The lowest BCUT2D eigenvalue weighted by molar-refractivity contribution is -0.133. The second kappa shape index (κ2) is 9.69. The fourth-order valence-electron chi connectivity index (χ4n) is 4.11. The molecule has 2 aromatic carbocycles. The first-order valence-electron chi connectivity index (χ1n) is 10.7. The van der Waals surface area contributed by atoms with Gasteiger partial charge in [0.2, 0.25) is 5.91 Å². The molecule has 1 unspecified atom stereocenters. The summed E-state index contributed by atoms with van der Waals surface area (Å²) in [6.45, 7) is 0.734. The topological polar surface area (TPSA) is 64.8 Å². The number of carbonyl (C=O) groups is 1. The van der Waals surface area contributed by atoms with Gasteiger partial charge in [0.15, 0.2) is 5.76 Å². The monoisotopic (exact) mass is 420 g/mol. The Morgan fingerprint density at radius 2 is 1.84 bits per heavy atom. The molecule has 1 aromatic heterocycles. The van der Waals surface area contributed by atoms with Crippen molar-refractivity contribution in [3.05, 3.63) is 65.9 Å². The highest BCUT2D eigenvalue weighted by molar-refractivity contribution is 5.79. The van der Waals surface area contributed by atoms with Crippen molar-refractivity contribution >= 4 is 5.91 Å². The number of methoxy groups -OCH3 is 2. The van der Waals surface area contributed by atoms with Crippen LogP contribution in [0.15, 0.2) is 59.1 Å². The fraction of sp³-hybridized carbons (Fsp3) is 0.360. The Bertz CT molecular complexity index is 1010. The third-order valence-electron chi connectivity index (χ3n) is 5.81. The van der Waals surface area contributed by atoms with Crippen molar-refractivity contribution in [3.8, 4) is 22.8 Å². The molecule has 0 radical (unpaired) electrons. The quantitative estimate of drug-likeness (QED) is 0.559. The van der Waals surface area contributed by atoms with Crippen molar-refractivity contribution in [3.63, 3.8) is 0 Å². The van der Waals surface area contributed by atoms with Gasteiger partial charge in [0, 0.05) is 18.2 Å². The van der Waals surface area contributed by atoms with Crippen LogP contribution in [0.5, 0.6) is 11.5 Å². The van der Waals surface area contributed by atoms with E-state index in [1.165, 1.54) is 0 Å². The highest BCUT2D eigenvalue weighted by atomic mass is 16.5. The van der Waals surface area contributed by atoms with Crippen LogP contribution >= 0.6 is 0 Å². The summed E-state index contributed by atoms with van der Waals surface area (Å²) in [4.78, 5) is 15.2. The molecule has 3 aromatic rings. The first-order valence-corrected chi connectivity index (χ1v) is 10.7. The number of ether oxygens (including phenoxy) is 2. The van der Waals surface area contributed by atoms with Crippen LogP contribution in [0.4, 0.5) is 0 Å². The molecule has 1 fully saturated rings. The number of amides is 1. The Morgan fingerprint density at radius 1 is 1.03 bits per heavy atom. The average molecular weight is 421 g/mol. The van der Waals surface area contributed by atoms with E-state index in [-0.39, 0.29) is 11.9 Å². The van der Waals surface area contributed by atoms with E-state index < -0.39 is 0 Å². The molecule has 1 saturated heterocycles. The number of likely N-dealkylation sites (tertiary alicyclic amines) is 1. The standard InChI is InChI=1S/C25H28N2O4/c1-29-20-12-10-19(11-13-20)24-17-22(26-31-24)23-9-4-3-5-14-27(23)25(28)16-18-7-6-8-21(15-18)30-2/h6-8,10-13,15,17,23H,3-5,9,14,16H2,1-2H3. The van der Waals surface area contributed by atoms with Crippen molar-refractivity contribution in [1.29, 1.82) is 0 Å². The van der Waals surface area contributed by atoms with Crippen LogP contribution in [0.1, 0.15) is 43.0 Å². The molecule has 0 saturated carbocycles. The van der Waals surface area contributed by atoms with Crippen LogP contribution in [0.25, 0.3) is 11.3 Å². The van der Waals surface area contributed by atoms with Gasteiger partial charge in [-0.05, 0) is 54.8 Å². The predicted octanol–water partition coefficient (Wildman–Crippen LogP) is 5.05. The fourth-order valence-corrected chi connectivity index (χ4v) is 4.11. The van der Waals surface area contributed by atoms with E-state index in [2.05, 4.69) is 5.16 Å². The number of hydrogen-bond donors (Lipinski definition) is 0. The van der Waals surface area contributed by atoms with Gasteiger partial charge < -0.3 is 18.9 Å². The van der Waals surface area contributed by atoms with Crippen molar-refractivity contribution in [2.45, 2.75) is 38.1 Å². The minimum Gasteiger partial charge on any atom is -0.497 e. The maximum atomic E-state index is 13.3. The largest absolute Gasteiger partial charge is 0.497 e. The Hall–Kier alpha value is -3.28. The lowest BCUT2D eigenvalue weighted by Crippen LogP contribution is -2.36. The van der Waals surface area contributed by atoms with Crippen LogP contribution in [0.2, 0.25) is 0 Å². The van der Waals surface area contributed by atoms with Crippen LogP contribution < -0.4 is 9.47 Å². The van der Waals surface area contributed by atoms with E-state index in [9.17, 15) is 4.79 Å². The zero-order valence-corrected chi connectivity index (χ0v) is 18.0. The van der Waals surface area contributed by atoms with Gasteiger partial charge in [-0.3, -0.25) is 4.79 Å². The Labute approximate surface area is 182 Å². The predicted molar refractivity (Wildman–Crippen MR) is 118 cm³/mol. The van der Waals surface area contributed by atoms with Crippen LogP contribution in [-0.4, -0.2) is 36.7 Å². The summed E-state index contributed by atoms with van der Waals surface area (Å²) in [5.74, 6) is 2.36. The molecule has 1 atom stereocenters. The zero-order valence-electron chi connectivity index (χ0n) is 18.0. The maximum absolute atomic E-state index is 13.3. The Kier molecular flexibility index (Phi) is 6.55. The van der Waals surface area contributed by atoms with Crippen molar-refractivity contribution < 1.29 is 18.8 Å². The normalized spacial score (nSPS) is 16.6. The number of benzene rings is 2. The van der Waals surface area contributed by atoms with E-state index in [4.69, 9.17) is 14.0 Å². The molecular formula is C25H28N2O4. The Morgan fingerprint density at radius 3 is 2.61 bits per heavy atom. The molecule has 0 aliphatic carbocycles. The van der Waals surface area contributed by atoms with E-state index in [0.717, 1.165) is 60.5 Å². The van der Waals surface area contributed by atoms with E-state index in [0.29, 0.717) is 12.2 Å². The molecule has 31 heavy (non-hydrogen) atoms. The van der Waals surface area contributed by atoms with E-state index >= 15 is 0 Å². The number of carbonyl (C=O) groups excluding carboxylic acids is 1. The van der Waals surface area contributed by atoms with Gasteiger partial charge in [0.25, 0.3) is 0 Å². The molecule has 162 valence electrons. The van der Waals surface area contributed by atoms with E-state index in [1.807, 2.05) is 59.5 Å².